The van der Waals surface area contributed by atoms with Crippen LogP contribution in [-0.2, 0) is 6.54 Å². The molecule has 2 N–H and O–H groups in total. The summed E-state index contributed by atoms with van der Waals surface area (Å²) in [5, 5.41) is 4.21. The largest absolute Gasteiger partial charge is 0.495 e. The second-order valence-corrected chi connectivity index (χ2v) is 4.80. The Morgan fingerprint density at radius 1 is 1.38 bits per heavy atom. The van der Waals surface area contributed by atoms with E-state index in [0.717, 1.165) is 17.8 Å². The summed E-state index contributed by atoms with van der Waals surface area (Å²) in [7, 11) is 3.49. The van der Waals surface area contributed by atoms with Gasteiger partial charge in [0.25, 0.3) is 5.56 Å². The molecule has 0 aliphatic carbocycles. The Morgan fingerprint density at radius 2 is 2.14 bits per heavy atom. The minimum atomic E-state index is -0.137. The second-order valence-electron chi connectivity index (χ2n) is 4.80. The number of benzene rings is 1. The number of hydrogen-bond acceptors (Lipinski definition) is 5. The summed E-state index contributed by atoms with van der Waals surface area (Å²) in [5.74, 6) is 0.624. The summed E-state index contributed by atoms with van der Waals surface area (Å²) in [5.41, 5.74) is 7.99. The Bertz CT molecular complexity index is 682. The maximum absolute atomic E-state index is 12.1. The molecular formula is C15H20N4O2. The molecular weight excluding hydrogens is 268 g/mol. The lowest BCUT2D eigenvalue weighted by molar-refractivity contribution is 0.416. The van der Waals surface area contributed by atoms with Crippen LogP contribution in [0.2, 0.25) is 0 Å². The number of ether oxygens (including phenoxy) is 1. The van der Waals surface area contributed by atoms with Gasteiger partial charge in [0.15, 0.2) is 0 Å². The highest BCUT2D eigenvalue weighted by molar-refractivity contribution is 5.54. The number of nitrogen functional groups attached to an aromatic ring is 1. The number of methoxy groups -OCH3 is 1. The van der Waals surface area contributed by atoms with E-state index in [-0.39, 0.29) is 5.56 Å². The smallest absolute Gasteiger partial charge is 0.269 e. The predicted octanol–water partition coefficient (Wildman–Crippen LogP) is 1.34. The van der Waals surface area contributed by atoms with Gasteiger partial charge < -0.3 is 15.4 Å². The van der Waals surface area contributed by atoms with Crippen molar-refractivity contribution in [1.82, 2.24) is 9.78 Å². The third-order valence-electron chi connectivity index (χ3n) is 3.40. The standard InChI is InChI=1S/C15H20N4O2/c1-4-18(2)12-8-15(20)19(17-9-12)10-11-5-6-14(21-3)13(16)7-11/h5-9H,4,10,16H2,1-3H3. The maximum atomic E-state index is 12.1. The van der Waals surface area contributed by atoms with Gasteiger partial charge in [0, 0.05) is 19.7 Å². The summed E-state index contributed by atoms with van der Waals surface area (Å²) < 4.78 is 6.52. The molecule has 0 fully saturated rings. The molecule has 1 heterocycles. The van der Waals surface area contributed by atoms with Crippen molar-refractivity contribution in [3.63, 3.8) is 0 Å². The molecule has 0 unspecified atom stereocenters. The van der Waals surface area contributed by atoms with Gasteiger partial charge in [0.2, 0.25) is 0 Å². The lowest BCUT2D eigenvalue weighted by Crippen LogP contribution is -2.26. The SMILES string of the molecule is CCN(C)c1cnn(Cc2ccc(OC)c(N)c2)c(=O)c1. The molecule has 2 aromatic rings. The fraction of sp³-hybridized carbons (Fsp3) is 0.333. The zero-order chi connectivity index (χ0) is 15.4. The second kappa shape index (κ2) is 6.30. The fourth-order valence-electron chi connectivity index (χ4n) is 1.99. The zero-order valence-corrected chi connectivity index (χ0v) is 12.5. The minimum Gasteiger partial charge on any atom is -0.495 e. The molecule has 6 heteroatoms. The van der Waals surface area contributed by atoms with E-state index in [1.807, 2.05) is 24.9 Å². The molecule has 6 nitrogen and oxygen atoms in total. The average Bonchev–Trinajstić information content (AvgIpc) is 2.48. The van der Waals surface area contributed by atoms with Gasteiger partial charge in [-0.2, -0.15) is 5.10 Å². The molecule has 0 atom stereocenters. The number of hydrogen-bond donors (Lipinski definition) is 1. The van der Waals surface area contributed by atoms with Gasteiger partial charge in [-0.05, 0) is 24.6 Å². The minimum absolute atomic E-state index is 0.137. The normalized spacial score (nSPS) is 10.4. The number of nitrogens with two attached hydrogens (primary N) is 1. The van der Waals surface area contributed by atoms with Crippen LogP contribution in [0, 0.1) is 0 Å². The molecule has 0 radical (unpaired) electrons. The predicted molar refractivity (Wildman–Crippen MR) is 83.9 cm³/mol. The molecule has 21 heavy (non-hydrogen) atoms. The molecule has 1 aromatic heterocycles. The van der Waals surface area contributed by atoms with Crippen LogP contribution in [0.4, 0.5) is 11.4 Å². The summed E-state index contributed by atoms with van der Waals surface area (Å²) in [6.45, 7) is 3.22. The maximum Gasteiger partial charge on any atom is 0.269 e. The van der Waals surface area contributed by atoms with E-state index >= 15 is 0 Å². The lowest BCUT2D eigenvalue weighted by Gasteiger charge is -2.16. The summed E-state index contributed by atoms with van der Waals surface area (Å²) in [4.78, 5) is 14.1. The summed E-state index contributed by atoms with van der Waals surface area (Å²) in [6, 6.07) is 7.03. The molecule has 0 bridgehead atoms. The first kappa shape index (κ1) is 14.9. The lowest BCUT2D eigenvalue weighted by atomic mass is 10.2. The number of nitrogens with zero attached hydrogens (tertiary/aromatic N) is 3. The van der Waals surface area contributed by atoms with Gasteiger partial charge in [-0.1, -0.05) is 6.07 Å². The zero-order valence-electron chi connectivity index (χ0n) is 12.5. The van der Waals surface area contributed by atoms with Crippen LogP contribution in [0.15, 0.2) is 35.3 Å². The first-order chi connectivity index (χ1) is 10.0. The van der Waals surface area contributed by atoms with Gasteiger partial charge >= 0.3 is 0 Å². The molecule has 0 amide bonds. The first-order valence-corrected chi connectivity index (χ1v) is 6.75. The molecule has 0 aliphatic rings. The van der Waals surface area contributed by atoms with Crippen molar-refractivity contribution in [3.05, 3.63) is 46.4 Å². The van der Waals surface area contributed by atoms with Crippen molar-refractivity contribution in [2.75, 3.05) is 31.3 Å². The Balaban J connectivity index is 2.24. The van der Waals surface area contributed by atoms with Crippen molar-refractivity contribution in [3.8, 4) is 5.75 Å². The van der Waals surface area contributed by atoms with E-state index in [0.29, 0.717) is 18.0 Å². The van der Waals surface area contributed by atoms with Crippen LogP contribution in [0.5, 0.6) is 5.75 Å². The van der Waals surface area contributed by atoms with Gasteiger partial charge in [0.1, 0.15) is 5.75 Å². The van der Waals surface area contributed by atoms with Crippen molar-refractivity contribution in [1.29, 1.82) is 0 Å². The van der Waals surface area contributed by atoms with Crippen molar-refractivity contribution < 1.29 is 4.74 Å². The van der Waals surface area contributed by atoms with Crippen LogP contribution >= 0.6 is 0 Å². The van der Waals surface area contributed by atoms with Crippen molar-refractivity contribution in [2.45, 2.75) is 13.5 Å². The van der Waals surface area contributed by atoms with Gasteiger partial charge in [-0.3, -0.25) is 4.79 Å². The Kier molecular flexibility index (Phi) is 4.47. The topological polar surface area (TPSA) is 73.4 Å². The van der Waals surface area contributed by atoms with E-state index in [1.165, 1.54) is 4.68 Å². The van der Waals surface area contributed by atoms with E-state index in [1.54, 1.807) is 31.5 Å². The average molecular weight is 288 g/mol. The van der Waals surface area contributed by atoms with Crippen LogP contribution in [0.3, 0.4) is 0 Å². The Labute approximate surface area is 123 Å². The van der Waals surface area contributed by atoms with Crippen LogP contribution in [0.1, 0.15) is 12.5 Å². The summed E-state index contributed by atoms with van der Waals surface area (Å²) >= 11 is 0. The monoisotopic (exact) mass is 288 g/mol. The van der Waals surface area contributed by atoms with Crippen molar-refractivity contribution in [2.24, 2.45) is 0 Å². The van der Waals surface area contributed by atoms with E-state index in [2.05, 4.69) is 5.10 Å². The summed E-state index contributed by atoms with van der Waals surface area (Å²) in [6.07, 6.45) is 1.69. The highest BCUT2D eigenvalue weighted by Crippen LogP contribution is 2.22. The molecule has 2 rings (SSSR count). The molecule has 1 aromatic carbocycles. The number of rotatable bonds is 5. The fourth-order valence-corrected chi connectivity index (χ4v) is 1.99. The molecule has 0 aliphatic heterocycles. The third kappa shape index (κ3) is 3.34. The van der Waals surface area contributed by atoms with Crippen LogP contribution < -0.4 is 20.9 Å². The Morgan fingerprint density at radius 3 is 2.71 bits per heavy atom. The Hall–Kier alpha value is -2.50. The van der Waals surface area contributed by atoms with Gasteiger partial charge in [0.05, 0.1) is 31.2 Å². The number of aromatic nitrogens is 2. The van der Waals surface area contributed by atoms with Crippen LogP contribution in [0.25, 0.3) is 0 Å². The van der Waals surface area contributed by atoms with Gasteiger partial charge in [-0.25, -0.2) is 4.68 Å². The van der Waals surface area contributed by atoms with E-state index in [4.69, 9.17) is 10.5 Å². The highest BCUT2D eigenvalue weighted by Gasteiger charge is 2.06. The van der Waals surface area contributed by atoms with Crippen molar-refractivity contribution >= 4 is 11.4 Å². The molecule has 0 saturated heterocycles. The third-order valence-corrected chi connectivity index (χ3v) is 3.40. The molecule has 0 saturated carbocycles. The van der Waals surface area contributed by atoms with E-state index in [9.17, 15) is 4.79 Å². The quantitative estimate of drug-likeness (QED) is 0.840. The number of anilines is 2. The van der Waals surface area contributed by atoms with Crippen LogP contribution in [-0.4, -0.2) is 30.5 Å². The molecule has 112 valence electrons. The first-order valence-electron chi connectivity index (χ1n) is 6.75. The van der Waals surface area contributed by atoms with E-state index < -0.39 is 0 Å². The molecule has 0 spiro atoms. The highest BCUT2D eigenvalue weighted by atomic mass is 16.5. The van der Waals surface area contributed by atoms with Gasteiger partial charge in [-0.15, -0.1) is 0 Å².